The predicted molar refractivity (Wildman–Crippen MR) is 92.1 cm³/mol. The molecule has 114 valence electrons. The van der Waals surface area contributed by atoms with Crippen molar-refractivity contribution in [1.82, 2.24) is 20.4 Å². The fourth-order valence-corrected chi connectivity index (χ4v) is 1.80. The maximum Gasteiger partial charge on any atom is 0.191 e. The van der Waals surface area contributed by atoms with Crippen LogP contribution in [0.4, 0.5) is 4.39 Å². The Morgan fingerprint density at radius 2 is 2.05 bits per heavy atom. The largest absolute Gasteiger partial charge is 0.352 e. The number of aryl methyl sites for hydroxylation is 1. The maximum absolute atomic E-state index is 13.1. The van der Waals surface area contributed by atoms with Crippen LogP contribution in [0, 0.1) is 5.82 Å². The predicted octanol–water partition coefficient (Wildman–Crippen LogP) is 2.04. The van der Waals surface area contributed by atoms with E-state index in [4.69, 9.17) is 0 Å². The number of aromatic nitrogens is 2. The molecule has 7 heteroatoms. The van der Waals surface area contributed by atoms with Crippen LogP contribution < -0.4 is 10.6 Å². The number of nitrogens with zero attached hydrogens (tertiary/aromatic N) is 3. The molecule has 0 saturated heterocycles. The molecule has 0 unspecified atom stereocenters. The highest BCUT2D eigenvalue weighted by Crippen LogP contribution is 2.02. The molecule has 2 aromatic rings. The number of halogens is 2. The molecule has 0 radical (unpaired) electrons. The van der Waals surface area contributed by atoms with Gasteiger partial charge in [-0.1, -0.05) is 12.1 Å². The van der Waals surface area contributed by atoms with Gasteiger partial charge in [-0.2, -0.15) is 5.10 Å². The lowest BCUT2D eigenvalue weighted by Gasteiger charge is -2.12. The summed E-state index contributed by atoms with van der Waals surface area (Å²) in [6.45, 7) is 1.14. The van der Waals surface area contributed by atoms with Gasteiger partial charge in [0.2, 0.25) is 0 Å². The summed E-state index contributed by atoms with van der Waals surface area (Å²) in [4.78, 5) is 4.13. The van der Waals surface area contributed by atoms with Crippen LogP contribution >= 0.6 is 24.0 Å². The number of hydrogen-bond donors (Lipinski definition) is 2. The van der Waals surface area contributed by atoms with E-state index in [1.807, 2.05) is 19.2 Å². The number of aliphatic imine (C=N–C) groups is 1. The van der Waals surface area contributed by atoms with Crippen LogP contribution in [0.15, 0.2) is 41.5 Å². The summed E-state index contributed by atoms with van der Waals surface area (Å²) in [6.07, 6.45) is 1.75. The Bertz CT molecular complexity index is 597. The van der Waals surface area contributed by atoms with Crippen molar-refractivity contribution in [2.24, 2.45) is 12.0 Å². The van der Waals surface area contributed by atoms with E-state index in [0.29, 0.717) is 19.0 Å². The van der Waals surface area contributed by atoms with Gasteiger partial charge in [-0.25, -0.2) is 4.39 Å². The minimum atomic E-state index is -0.234. The first-order valence-electron chi connectivity index (χ1n) is 6.35. The summed E-state index contributed by atoms with van der Waals surface area (Å²) < 4.78 is 14.9. The average Bonchev–Trinajstić information content (AvgIpc) is 2.85. The number of hydrogen-bond acceptors (Lipinski definition) is 2. The highest BCUT2D eigenvalue weighted by Gasteiger charge is 2.02. The van der Waals surface area contributed by atoms with E-state index in [1.165, 1.54) is 12.1 Å². The number of benzene rings is 1. The molecule has 2 N–H and O–H groups in total. The minimum Gasteiger partial charge on any atom is -0.352 e. The van der Waals surface area contributed by atoms with Crippen molar-refractivity contribution in [1.29, 1.82) is 0 Å². The molecule has 0 bridgehead atoms. The van der Waals surface area contributed by atoms with E-state index >= 15 is 0 Å². The van der Waals surface area contributed by atoms with E-state index < -0.39 is 0 Å². The van der Waals surface area contributed by atoms with Crippen LogP contribution in [-0.2, 0) is 20.1 Å². The first-order valence-corrected chi connectivity index (χ1v) is 6.35. The molecule has 2 rings (SSSR count). The van der Waals surface area contributed by atoms with Crippen LogP contribution in [0.1, 0.15) is 11.3 Å². The molecular formula is C14H19FIN5. The van der Waals surface area contributed by atoms with Crippen molar-refractivity contribution in [2.75, 3.05) is 7.05 Å². The van der Waals surface area contributed by atoms with Gasteiger partial charge in [0.1, 0.15) is 5.82 Å². The maximum atomic E-state index is 13.1. The molecule has 1 aromatic heterocycles. The van der Waals surface area contributed by atoms with Gasteiger partial charge in [0.25, 0.3) is 0 Å². The third-order valence-corrected chi connectivity index (χ3v) is 2.93. The van der Waals surface area contributed by atoms with E-state index in [0.717, 1.165) is 11.3 Å². The molecule has 1 aromatic carbocycles. The van der Waals surface area contributed by atoms with E-state index in [-0.39, 0.29) is 29.8 Å². The molecule has 0 atom stereocenters. The van der Waals surface area contributed by atoms with Gasteiger partial charge in [-0.05, 0) is 23.8 Å². The summed E-state index contributed by atoms with van der Waals surface area (Å²) in [5.74, 6) is 0.428. The first-order chi connectivity index (χ1) is 9.69. The molecule has 0 amide bonds. The highest BCUT2D eigenvalue weighted by molar-refractivity contribution is 14.0. The fraction of sp³-hybridized carbons (Fsp3) is 0.286. The molecule has 0 aliphatic rings. The van der Waals surface area contributed by atoms with Crippen molar-refractivity contribution < 1.29 is 4.39 Å². The molecule has 0 spiro atoms. The molecule has 5 nitrogen and oxygen atoms in total. The number of guanidine groups is 1. The Balaban J connectivity index is 0.00000220. The third-order valence-electron chi connectivity index (χ3n) is 2.93. The summed E-state index contributed by atoms with van der Waals surface area (Å²) in [5.41, 5.74) is 1.92. The van der Waals surface area contributed by atoms with Gasteiger partial charge in [-0.15, -0.1) is 24.0 Å². The molecule has 0 fully saturated rings. The van der Waals surface area contributed by atoms with Gasteiger partial charge in [-0.3, -0.25) is 9.67 Å². The molecule has 1 heterocycles. The van der Waals surface area contributed by atoms with Crippen molar-refractivity contribution >= 4 is 29.9 Å². The summed E-state index contributed by atoms with van der Waals surface area (Å²) >= 11 is 0. The Labute approximate surface area is 140 Å². The summed E-state index contributed by atoms with van der Waals surface area (Å²) in [5, 5.41) is 10.4. The van der Waals surface area contributed by atoms with Crippen molar-refractivity contribution in [2.45, 2.75) is 13.1 Å². The third kappa shape index (κ3) is 5.33. The topological polar surface area (TPSA) is 54.2 Å². The number of nitrogens with one attached hydrogen (secondary N) is 2. The normalized spacial score (nSPS) is 10.9. The van der Waals surface area contributed by atoms with Crippen LogP contribution in [0.25, 0.3) is 0 Å². The highest BCUT2D eigenvalue weighted by atomic mass is 127. The second kappa shape index (κ2) is 8.60. The number of rotatable bonds is 4. The van der Waals surface area contributed by atoms with E-state index in [2.05, 4.69) is 20.7 Å². The lowest BCUT2D eigenvalue weighted by Crippen LogP contribution is -2.36. The monoisotopic (exact) mass is 403 g/mol. The summed E-state index contributed by atoms with van der Waals surface area (Å²) in [6, 6.07) is 8.43. The van der Waals surface area contributed by atoms with Gasteiger partial charge in [0.15, 0.2) is 5.96 Å². The van der Waals surface area contributed by atoms with Crippen LogP contribution in [-0.4, -0.2) is 22.8 Å². The molecule has 0 aliphatic heterocycles. The molecule has 0 aliphatic carbocycles. The Kier molecular flexibility index (Phi) is 7.13. The van der Waals surface area contributed by atoms with Crippen LogP contribution in [0.5, 0.6) is 0 Å². The zero-order valence-corrected chi connectivity index (χ0v) is 14.3. The second-order valence-electron chi connectivity index (χ2n) is 4.36. The second-order valence-corrected chi connectivity index (χ2v) is 4.36. The molecule has 21 heavy (non-hydrogen) atoms. The SMILES string of the molecule is CN=C(NCc1cccc(F)c1)NCc1ccnn1C.I. The van der Waals surface area contributed by atoms with Gasteiger partial charge in [0, 0.05) is 26.8 Å². The Morgan fingerprint density at radius 1 is 1.29 bits per heavy atom. The Morgan fingerprint density at radius 3 is 2.67 bits per heavy atom. The Hall–Kier alpha value is -1.64. The average molecular weight is 403 g/mol. The quantitative estimate of drug-likeness (QED) is 0.467. The van der Waals surface area contributed by atoms with Gasteiger partial charge < -0.3 is 10.6 Å². The van der Waals surface area contributed by atoms with Crippen molar-refractivity contribution in [3.63, 3.8) is 0 Å². The van der Waals surface area contributed by atoms with Crippen molar-refractivity contribution in [3.05, 3.63) is 53.6 Å². The molecule has 0 saturated carbocycles. The van der Waals surface area contributed by atoms with Gasteiger partial charge >= 0.3 is 0 Å². The molecular weight excluding hydrogens is 384 g/mol. The van der Waals surface area contributed by atoms with Crippen LogP contribution in [0.3, 0.4) is 0 Å². The minimum absolute atomic E-state index is 0. The van der Waals surface area contributed by atoms with Crippen molar-refractivity contribution in [3.8, 4) is 0 Å². The lowest BCUT2D eigenvalue weighted by molar-refractivity contribution is 0.624. The lowest BCUT2D eigenvalue weighted by atomic mass is 10.2. The fourth-order valence-electron chi connectivity index (χ4n) is 1.80. The standard InChI is InChI=1S/C14H18FN5.HI/c1-16-14(18-10-13-6-7-19-20(13)2)17-9-11-4-3-5-12(15)8-11;/h3-8H,9-10H2,1-2H3,(H2,16,17,18);1H. The van der Waals surface area contributed by atoms with E-state index in [1.54, 1.807) is 24.0 Å². The summed E-state index contributed by atoms with van der Waals surface area (Å²) in [7, 11) is 3.59. The zero-order chi connectivity index (χ0) is 14.4. The van der Waals surface area contributed by atoms with Crippen LogP contribution in [0.2, 0.25) is 0 Å². The van der Waals surface area contributed by atoms with Gasteiger partial charge in [0.05, 0.1) is 12.2 Å². The zero-order valence-electron chi connectivity index (χ0n) is 12.0. The van der Waals surface area contributed by atoms with E-state index in [9.17, 15) is 4.39 Å². The smallest absolute Gasteiger partial charge is 0.191 e. The first kappa shape index (κ1) is 17.4.